The van der Waals surface area contributed by atoms with Crippen LogP contribution in [0.15, 0.2) is 21.0 Å². The number of benzene rings is 1. The van der Waals surface area contributed by atoms with Gasteiger partial charge in [0, 0.05) is 9.86 Å². The van der Waals surface area contributed by atoms with Gasteiger partial charge in [-0.3, -0.25) is 0 Å². The highest BCUT2D eigenvalue weighted by Gasteiger charge is 2.26. The fourth-order valence-corrected chi connectivity index (χ4v) is 2.72. The summed E-state index contributed by atoms with van der Waals surface area (Å²) in [6, 6.07) is 3.38. The average Bonchev–Trinajstić information content (AvgIpc) is 2.69. The van der Waals surface area contributed by atoms with E-state index in [1.54, 1.807) is 6.07 Å². The Morgan fingerprint density at radius 2 is 1.89 bits per heavy atom. The lowest BCUT2D eigenvalue weighted by molar-refractivity contribution is 0.290. The molecule has 0 bridgehead atoms. The molecule has 1 unspecified atom stereocenters. The van der Waals surface area contributed by atoms with E-state index in [0.29, 0.717) is 21.4 Å². The minimum atomic E-state index is -0.212. The Balaban J connectivity index is 2.64. The third kappa shape index (κ3) is 2.42. The predicted molar refractivity (Wildman–Crippen MR) is 80.3 cm³/mol. The maximum absolute atomic E-state index is 6.22. The topological polar surface area (TPSA) is 39.2 Å². The summed E-state index contributed by atoms with van der Waals surface area (Å²) in [6.07, 6.45) is 0. The van der Waals surface area contributed by atoms with Crippen molar-refractivity contribution >= 4 is 50.1 Å². The van der Waals surface area contributed by atoms with Crippen molar-refractivity contribution in [2.45, 2.75) is 26.8 Å². The summed E-state index contributed by atoms with van der Waals surface area (Å²) in [5.74, 6) is 0.694. The Morgan fingerprint density at radius 3 is 2.44 bits per heavy atom. The first-order valence-electron chi connectivity index (χ1n) is 5.54. The molecular formula is C13H14BrCl2NO. The van der Waals surface area contributed by atoms with Crippen molar-refractivity contribution in [3.05, 3.63) is 32.4 Å². The number of nitrogens with two attached hydrogens (primary N) is 1. The SMILES string of the molecule is CC(C)(C)C(N)c1cc2c(Cl)c(Br)cc(Cl)c2o1. The lowest BCUT2D eigenvalue weighted by Gasteiger charge is -2.24. The minimum Gasteiger partial charge on any atom is -0.458 e. The molecular weight excluding hydrogens is 337 g/mol. The van der Waals surface area contributed by atoms with Crippen LogP contribution in [0.3, 0.4) is 0 Å². The van der Waals surface area contributed by atoms with Crippen LogP contribution in [0, 0.1) is 5.41 Å². The molecule has 5 heteroatoms. The maximum atomic E-state index is 6.22. The highest BCUT2D eigenvalue weighted by Crippen LogP contribution is 2.41. The van der Waals surface area contributed by atoms with Gasteiger partial charge >= 0.3 is 0 Å². The zero-order chi connectivity index (χ0) is 13.7. The first-order valence-corrected chi connectivity index (χ1v) is 7.09. The van der Waals surface area contributed by atoms with E-state index in [2.05, 4.69) is 36.7 Å². The van der Waals surface area contributed by atoms with E-state index in [-0.39, 0.29) is 11.5 Å². The smallest absolute Gasteiger partial charge is 0.154 e. The van der Waals surface area contributed by atoms with Gasteiger partial charge in [-0.15, -0.1) is 0 Å². The van der Waals surface area contributed by atoms with Gasteiger partial charge < -0.3 is 10.2 Å². The second kappa shape index (κ2) is 4.71. The summed E-state index contributed by atoms with van der Waals surface area (Å²) in [6.45, 7) is 6.18. The van der Waals surface area contributed by atoms with Crippen LogP contribution in [0.5, 0.6) is 0 Å². The monoisotopic (exact) mass is 349 g/mol. The van der Waals surface area contributed by atoms with Gasteiger partial charge in [-0.2, -0.15) is 0 Å². The molecule has 0 saturated heterocycles. The maximum Gasteiger partial charge on any atom is 0.154 e. The Kier molecular flexibility index (Phi) is 3.72. The number of rotatable bonds is 1. The zero-order valence-corrected chi connectivity index (χ0v) is 13.4. The number of hydrogen-bond acceptors (Lipinski definition) is 2. The van der Waals surface area contributed by atoms with Gasteiger partial charge in [0.15, 0.2) is 5.58 Å². The van der Waals surface area contributed by atoms with Gasteiger partial charge in [-0.05, 0) is 33.5 Å². The first-order chi connectivity index (χ1) is 8.21. The summed E-state index contributed by atoms with van der Waals surface area (Å²) >= 11 is 15.7. The fourth-order valence-electron chi connectivity index (χ4n) is 1.70. The van der Waals surface area contributed by atoms with Crippen LogP contribution in [0.1, 0.15) is 32.6 Å². The van der Waals surface area contributed by atoms with Crippen molar-refractivity contribution in [2.24, 2.45) is 11.1 Å². The number of furan rings is 1. The second-order valence-corrected chi connectivity index (χ2v) is 7.03. The summed E-state index contributed by atoms with van der Waals surface area (Å²) in [5.41, 5.74) is 6.67. The van der Waals surface area contributed by atoms with Crippen molar-refractivity contribution in [3.63, 3.8) is 0 Å². The Morgan fingerprint density at radius 1 is 1.28 bits per heavy atom. The normalized spacial score (nSPS) is 14.2. The zero-order valence-electron chi connectivity index (χ0n) is 10.4. The largest absolute Gasteiger partial charge is 0.458 e. The van der Waals surface area contributed by atoms with Crippen LogP contribution in [0.25, 0.3) is 11.0 Å². The molecule has 18 heavy (non-hydrogen) atoms. The molecule has 1 aromatic carbocycles. The van der Waals surface area contributed by atoms with E-state index in [1.807, 2.05) is 6.07 Å². The first kappa shape index (κ1) is 14.2. The van der Waals surface area contributed by atoms with Crippen molar-refractivity contribution in [1.82, 2.24) is 0 Å². The Labute approximate surface area is 125 Å². The third-order valence-corrected chi connectivity index (χ3v) is 4.45. The van der Waals surface area contributed by atoms with Gasteiger partial charge in [-0.1, -0.05) is 44.0 Å². The molecule has 0 fully saturated rings. The molecule has 1 heterocycles. The van der Waals surface area contributed by atoms with E-state index in [9.17, 15) is 0 Å². The standard InChI is InChI=1S/C13H14BrCl2NO/c1-13(2,3)12(17)9-4-6-10(16)7(14)5-8(15)11(6)18-9/h4-5,12H,17H2,1-3H3. The van der Waals surface area contributed by atoms with E-state index < -0.39 is 0 Å². The van der Waals surface area contributed by atoms with Gasteiger partial charge in [0.1, 0.15) is 5.76 Å². The van der Waals surface area contributed by atoms with E-state index in [0.717, 1.165) is 9.86 Å². The van der Waals surface area contributed by atoms with Crippen LogP contribution in [0.4, 0.5) is 0 Å². The number of fused-ring (bicyclic) bond motifs is 1. The Hall–Kier alpha value is -0.220. The van der Waals surface area contributed by atoms with Gasteiger partial charge in [0.2, 0.25) is 0 Å². The molecule has 0 spiro atoms. The minimum absolute atomic E-state index is 0.0932. The summed E-state index contributed by atoms with van der Waals surface area (Å²) in [7, 11) is 0. The molecule has 2 nitrogen and oxygen atoms in total. The van der Waals surface area contributed by atoms with Crippen LogP contribution in [0.2, 0.25) is 10.0 Å². The van der Waals surface area contributed by atoms with Crippen molar-refractivity contribution in [2.75, 3.05) is 0 Å². The average molecular weight is 351 g/mol. The lowest BCUT2D eigenvalue weighted by Crippen LogP contribution is -2.25. The molecule has 2 N–H and O–H groups in total. The summed E-state index contributed by atoms with van der Waals surface area (Å²) < 4.78 is 6.51. The van der Waals surface area contributed by atoms with Gasteiger partial charge in [0.05, 0.1) is 16.1 Å². The van der Waals surface area contributed by atoms with E-state index >= 15 is 0 Å². The molecule has 98 valence electrons. The molecule has 1 atom stereocenters. The van der Waals surface area contributed by atoms with Crippen LogP contribution < -0.4 is 5.73 Å². The highest BCUT2D eigenvalue weighted by molar-refractivity contribution is 9.10. The van der Waals surface area contributed by atoms with Crippen LogP contribution in [-0.4, -0.2) is 0 Å². The Bertz CT molecular complexity index is 601. The van der Waals surface area contributed by atoms with E-state index in [1.165, 1.54) is 0 Å². The number of halogens is 3. The quantitative estimate of drug-likeness (QED) is 0.685. The van der Waals surface area contributed by atoms with Crippen molar-refractivity contribution in [3.8, 4) is 0 Å². The molecule has 0 saturated carbocycles. The number of hydrogen-bond donors (Lipinski definition) is 1. The molecule has 1 aromatic heterocycles. The van der Waals surface area contributed by atoms with E-state index in [4.69, 9.17) is 33.4 Å². The van der Waals surface area contributed by atoms with Gasteiger partial charge in [-0.25, -0.2) is 0 Å². The van der Waals surface area contributed by atoms with Crippen molar-refractivity contribution in [1.29, 1.82) is 0 Å². The second-order valence-electron chi connectivity index (χ2n) is 5.39. The molecule has 2 aromatic rings. The predicted octanol–water partition coefficient (Wildman–Crippen LogP) is 5.55. The molecule has 2 rings (SSSR count). The lowest BCUT2D eigenvalue weighted by atomic mass is 9.86. The van der Waals surface area contributed by atoms with Crippen molar-refractivity contribution < 1.29 is 4.42 Å². The third-order valence-electron chi connectivity index (χ3n) is 2.91. The molecule has 0 radical (unpaired) electrons. The molecule has 0 aliphatic rings. The summed E-state index contributed by atoms with van der Waals surface area (Å²) in [5, 5.41) is 1.89. The molecule has 0 aliphatic heterocycles. The highest BCUT2D eigenvalue weighted by atomic mass is 79.9. The summed E-state index contributed by atoms with van der Waals surface area (Å²) in [4.78, 5) is 0. The van der Waals surface area contributed by atoms with Crippen LogP contribution >= 0.6 is 39.1 Å². The molecule has 0 aliphatic carbocycles. The van der Waals surface area contributed by atoms with Gasteiger partial charge in [0.25, 0.3) is 0 Å². The van der Waals surface area contributed by atoms with Crippen LogP contribution in [-0.2, 0) is 0 Å². The fraction of sp³-hybridized carbons (Fsp3) is 0.385. The molecule has 0 amide bonds.